The zero-order valence-electron chi connectivity index (χ0n) is 20.2. The zero-order chi connectivity index (χ0) is 26.6. The van der Waals surface area contributed by atoms with Gasteiger partial charge >= 0.3 is 12.6 Å². The lowest BCUT2D eigenvalue weighted by Crippen LogP contribution is -2.40. The minimum absolute atomic E-state index is 0.145. The Bertz CT molecular complexity index is 1460. The molecule has 1 amide bonds. The van der Waals surface area contributed by atoms with Gasteiger partial charge in [-0.05, 0) is 24.6 Å². The highest BCUT2D eigenvalue weighted by molar-refractivity contribution is 7.11. The summed E-state index contributed by atoms with van der Waals surface area (Å²) in [6, 6.07) is 4.72. The molecule has 38 heavy (non-hydrogen) atoms. The van der Waals surface area contributed by atoms with Gasteiger partial charge in [0.15, 0.2) is 16.4 Å². The number of carbonyl (C=O) groups is 1. The van der Waals surface area contributed by atoms with Crippen LogP contribution < -0.4 is 0 Å². The van der Waals surface area contributed by atoms with Crippen molar-refractivity contribution in [2.45, 2.75) is 38.0 Å². The van der Waals surface area contributed by atoms with Crippen molar-refractivity contribution >= 4 is 40.4 Å². The van der Waals surface area contributed by atoms with Crippen LogP contribution in [0.2, 0.25) is 5.02 Å². The average molecular weight is 563 g/mol. The summed E-state index contributed by atoms with van der Waals surface area (Å²) in [7, 11) is 0. The van der Waals surface area contributed by atoms with E-state index in [4.69, 9.17) is 21.3 Å². The van der Waals surface area contributed by atoms with Crippen LogP contribution in [0, 0.1) is 5.82 Å². The van der Waals surface area contributed by atoms with Crippen LogP contribution in [0.1, 0.15) is 48.6 Å². The van der Waals surface area contributed by atoms with E-state index in [1.807, 2.05) is 17.2 Å². The fourth-order valence-electron chi connectivity index (χ4n) is 5.34. The summed E-state index contributed by atoms with van der Waals surface area (Å²) in [5.74, 6) is 0.0319. The number of nitrogens with zero attached hydrogens (tertiary/aromatic N) is 6. The van der Waals surface area contributed by atoms with E-state index in [0.29, 0.717) is 52.7 Å². The van der Waals surface area contributed by atoms with Gasteiger partial charge in [0.05, 0.1) is 18.8 Å². The molecule has 0 aliphatic carbocycles. The van der Waals surface area contributed by atoms with Gasteiger partial charge in [-0.2, -0.15) is 13.9 Å². The molecule has 3 aromatic rings. The monoisotopic (exact) mass is 562 g/mol. The molecule has 6 rings (SSSR count). The molecule has 2 fully saturated rings. The second-order valence-corrected chi connectivity index (χ2v) is 10.7. The fourth-order valence-corrected chi connectivity index (χ4v) is 6.25. The number of amidine groups is 1. The fraction of sp³-hybridized carbons (Fsp3) is 0.360. The van der Waals surface area contributed by atoms with Crippen molar-refractivity contribution in [3.05, 3.63) is 74.8 Å². The van der Waals surface area contributed by atoms with Gasteiger partial charge in [0.25, 0.3) is 0 Å². The topological polar surface area (TPSA) is 75.8 Å². The highest BCUT2D eigenvalue weighted by atomic mass is 35.5. The van der Waals surface area contributed by atoms with Crippen molar-refractivity contribution in [2.24, 2.45) is 4.99 Å². The van der Waals surface area contributed by atoms with E-state index in [-0.39, 0.29) is 16.8 Å². The lowest BCUT2D eigenvalue weighted by Gasteiger charge is -2.32. The quantitative estimate of drug-likeness (QED) is 0.382. The van der Waals surface area contributed by atoms with Crippen LogP contribution in [-0.4, -0.2) is 61.7 Å². The first-order valence-corrected chi connectivity index (χ1v) is 13.3. The number of rotatable bonds is 6. The van der Waals surface area contributed by atoms with E-state index in [1.165, 1.54) is 41.8 Å². The molecule has 0 radical (unpaired) electrons. The molecule has 0 saturated carbocycles. The van der Waals surface area contributed by atoms with Crippen LogP contribution in [0.25, 0.3) is 5.57 Å². The van der Waals surface area contributed by atoms with Crippen molar-refractivity contribution < 1.29 is 22.7 Å². The minimum Gasteiger partial charge on any atom is -0.439 e. The number of halogens is 4. The van der Waals surface area contributed by atoms with Crippen molar-refractivity contribution in [1.29, 1.82) is 0 Å². The summed E-state index contributed by atoms with van der Waals surface area (Å²) in [4.78, 5) is 25.8. The number of aromatic nitrogens is 3. The maximum atomic E-state index is 14.0. The molecule has 2 aromatic heterocycles. The van der Waals surface area contributed by atoms with E-state index in [9.17, 15) is 18.0 Å². The zero-order valence-corrected chi connectivity index (χ0v) is 21.7. The molecule has 1 unspecified atom stereocenters. The van der Waals surface area contributed by atoms with Crippen LogP contribution in [0.3, 0.4) is 0 Å². The Labute approximate surface area is 225 Å². The Kier molecular flexibility index (Phi) is 6.18. The normalized spacial score (nSPS) is 23.1. The Morgan fingerprint density at radius 3 is 2.82 bits per heavy atom. The molecule has 198 valence electrons. The van der Waals surface area contributed by atoms with E-state index < -0.39 is 24.0 Å². The summed E-state index contributed by atoms with van der Waals surface area (Å²) in [6.07, 6.45) is 3.57. The van der Waals surface area contributed by atoms with E-state index in [1.54, 1.807) is 11.1 Å². The van der Waals surface area contributed by atoms with Gasteiger partial charge in [0, 0.05) is 52.6 Å². The average Bonchev–Trinajstić information content (AvgIpc) is 3.66. The Morgan fingerprint density at radius 2 is 2.13 bits per heavy atom. The SMILES string of the molecule is CCCN1CC2(CC3=C(c4ccn(C(F)F)n4)[C@H](c4ccc(F)cc4Cl)N=C(c4nccs4)N3C2)OC1=O. The minimum atomic E-state index is -2.83. The molecule has 2 atom stereocenters. The van der Waals surface area contributed by atoms with Crippen molar-refractivity contribution in [3.8, 4) is 0 Å². The number of fused-ring (bicyclic) bond motifs is 1. The van der Waals surface area contributed by atoms with Gasteiger partial charge in [-0.15, -0.1) is 11.3 Å². The van der Waals surface area contributed by atoms with Crippen LogP contribution >= 0.6 is 22.9 Å². The summed E-state index contributed by atoms with van der Waals surface area (Å²) in [6.45, 7) is 0.415. The molecular formula is C25H22ClF3N6O2S. The number of amides is 1. The largest absolute Gasteiger partial charge is 0.439 e. The number of benzene rings is 1. The molecule has 0 bridgehead atoms. The third-order valence-corrected chi connectivity index (χ3v) is 7.95. The van der Waals surface area contributed by atoms with Gasteiger partial charge in [-0.25, -0.2) is 18.9 Å². The van der Waals surface area contributed by atoms with Crippen molar-refractivity contribution in [2.75, 3.05) is 19.6 Å². The molecule has 3 aliphatic heterocycles. The Morgan fingerprint density at radius 1 is 1.29 bits per heavy atom. The number of aliphatic imine (C=N–C) groups is 1. The van der Waals surface area contributed by atoms with Crippen molar-refractivity contribution in [1.82, 2.24) is 24.6 Å². The number of carbonyl (C=O) groups excluding carboxylic acids is 1. The summed E-state index contributed by atoms with van der Waals surface area (Å²) >= 11 is 7.89. The predicted octanol–water partition coefficient (Wildman–Crippen LogP) is 5.75. The van der Waals surface area contributed by atoms with Crippen LogP contribution in [0.4, 0.5) is 18.0 Å². The second kappa shape index (κ2) is 9.42. The second-order valence-electron chi connectivity index (χ2n) is 9.41. The van der Waals surface area contributed by atoms with Crippen LogP contribution in [0.5, 0.6) is 0 Å². The lowest BCUT2D eigenvalue weighted by molar-refractivity contribution is 0.0564. The van der Waals surface area contributed by atoms with E-state index >= 15 is 0 Å². The number of alkyl halides is 2. The lowest BCUT2D eigenvalue weighted by atomic mass is 9.91. The molecule has 1 spiro atoms. The number of hydrogen-bond acceptors (Lipinski definition) is 7. The molecule has 3 aliphatic rings. The molecule has 13 heteroatoms. The van der Waals surface area contributed by atoms with Gasteiger partial charge in [-0.1, -0.05) is 24.6 Å². The van der Waals surface area contributed by atoms with Crippen LogP contribution in [0.15, 0.2) is 52.7 Å². The van der Waals surface area contributed by atoms with Crippen LogP contribution in [-0.2, 0) is 4.74 Å². The first kappa shape index (κ1) is 24.9. The maximum Gasteiger partial charge on any atom is 0.410 e. The summed E-state index contributed by atoms with van der Waals surface area (Å²) in [5.41, 5.74) is 1.18. The Hall–Kier alpha value is -3.38. The Balaban J connectivity index is 1.55. The maximum absolute atomic E-state index is 14.0. The summed E-state index contributed by atoms with van der Waals surface area (Å²) < 4.78 is 47.5. The van der Waals surface area contributed by atoms with Gasteiger partial charge in [0.1, 0.15) is 11.9 Å². The number of thiazole rings is 1. The highest BCUT2D eigenvalue weighted by Crippen LogP contribution is 2.50. The van der Waals surface area contributed by atoms with E-state index in [0.717, 1.165) is 12.1 Å². The van der Waals surface area contributed by atoms with Gasteiger partial charge in [0.2, 0.25) is 0 Å². The third-order valence-electron chi connectivity index (χ3n) is 6.85. The predicted molar refractivity (Wildman–Crippen MR) is 136 cm³/mol. The smallest absolute Gasteiger partial charge is 0.410 e. The molecule has 5 heterocycles. The molecule has 8 nitrogen and oxygen atoms in total. The first-order valence-electron chi connectivity index (χ1n) is 12.0. The highest BCUT2D eigenvalue weighted by Gasteiger charge is 2.54. The number of hydrogen-bond donors (Lipinski definition) is 0. The molecule has 1 aromatic carbocycles. The van der Waals surface area contributed by atoms with Crippen molar-refractivity contribution in [3.63, 3.8) is 0 Å². The number of ether oxygens (including phenoxy) is 1. The molecule has 2 saturated heterocycles. The first-order chi connectivity index (χ1) is 18.3. The van der Waals surface area contributed by atoms with E-state index in [2.05, 4.69) is 10.1 Å². The molecular weight excluding hydrogens is 541 g/mol. The van der Waals surface area contributed by atoms with Gasteiger partial charge in [-0.3, -0.25) is 4.99 Å². The molecule has 0 N–H and O–H groups in total. The third kappa shape index (κ3) is 4.15. The van der Waals surface area contributed by atoms with Gasteiger partial charge < -0.3 is 14.5 Å². The summed E-state index contributed by atoms with van der Waals surface area (Å²) in [5, 5.41) is 6.75. The standard InChI is InChI=1S/C25H22ClF3N6O2S/c1-2-7-33-12-25(37-24(33)36)11-18-19(17-5-8-35(32-17)23(28)29)20(15-4-3-14(27)10-16(15)26)31-21(34(18)13-25)22-30-6-9-38-22/h3-6,8-10,20,23H,2,7,11-13H2,1H3/t20-,25?/m0/s1.